The molecule has 0 radical (unpaired) electrons. The number of hydrogen-bond donors (Lipinski definition) is 0. The zero-order valence-electron chi connectivity index (χ0n) is 19.1. The molecular weight excluding hydrogens is 490 g/mol. The molecule has 1 heterocycles. The number of nitrogens with zero attached hydrogens (tertiary/aromatic N) is 3. The van der Waals surface area contributed by atoms with Gasteiger partial charge in [0.25, 0.3) is 5.91 Å². The minimum Gasteiger partial charge on any atom is -0.308 e. The van der Waals surface area contributed by atoms with Gasteiger partial charge in [-0.2, -0.15) is 0 Å². The summed E-state index contributed by atoms with van der Waals surface area (Å²) < 4.78 is 24.6. The van der Waals surface area contributed by atoms with Gasteiger partial charge in [0.1, 0.15) is 0 Å². The van der Waals surface area contributed by atoms with Gasteiger partial charge in [0.15, 0.2) is 15.0 Å². The fraction of sp³-hybridized carbons (Fsp3) is 0.200. The summed E-state index contributed by atoms with van der Waals surface area (Å²) >= 11 is 1.32. The second-order valence-electron chi connectivity index (χ2n) is 8.10. The van der Waals surface area contributed by atoms with Gasteiger partial charge < -0.3 is 4.90 Å². The number of fused-ring (bicyclic) bond motifs is 1. The Morgan fingerprint density at radius 1 is 0.912 bits per heavy atom. The largest absolute Gasteiger partial charge is 0.308 e. The molecule has 0 fully saturated rings. The summed E-state index contributed by atoms with van der Waals surface area (Å²) in [4.78, 5) is 22.0. The van der Waals surface area contributed by atoms with E-state index in [0.717, 1.165) is 15.8 Å². The number of carbonyl (C=O) groups excluding carboxylic acids is 1. The predicted molar refractivity (Wildman–Crippen MR) is 142 cm³/mol. The van der Waals surface area contributed by atoms with Crippen LogP contribution in [0, 0.1) is 0 Å². The van der Waals surface area contributed by atoms with E-state index in [9.17, 15) is 13.2 Å². The highest BCUT2D eigenvalue weighted by atomic mass is 35.5. The zero-order chi connectivity index (χ0) is 23.6. The van der Waals surface area contributed by atoms with Gasteiger partial charge in [-0.15, -0.1) is 12.4 Å². The SMILES string of the molecule is CN(C)CCN(C(=O)c1ccc(-c2ccccc2)cc1)c1nc2ccc(S(C)(=O)=O)cc2s1.Cl. The van der Waals surface area contributed by atoms with E-state index in [-0.39, 0.29) is 23.2 Å². The number of benzene rings is 3. The van der Waals surface area contributed by atoms with E-state index in [0.29, 0.717) is 29.3 Å². The van der Waals surface area contributed by atoms with Crippen LogP contribution >= 0.6 is 23.7 Å². The maximum Gasteiger partial charge on any atom is 0.260 e. The molecule has 34 heavy (non-hydrogen) atoms. The van der Waals surface area contributed by atoms with Crippen LogP contribution in [0.1, 0.15) is 10.4 Å². The first-order chi connectivity index (χ1) is 15.7. The van der Waals surface area contributed by atoms with E-state index in [1.807, 2.05) is 73.6 Å². The Labute approximate surface area is 210 Å². The Morgan fingerprint density at radius 2 is 1.56 bits per heavy atom. The highest BCUT2D eigenvalue weighted by Crippen LogP contribution is 2.31. The van der Waals surface area contributed by atoms with E-state index in [1.165, 1.54) is 17.6 Å². The molecule has 4 aromatic rings. The molecule has 0 bridgehead atoms. The molecule has 0 saturated carbocycles. The van der Waals surface area contributed by atoms with Crippen molar-refractivity contribution >= 4 is 54.8 Å². The number of thiazole rings is 1. The van der Waals surface area contributed by atoms with Crippen LogP contribution in [0.5, 0.6) is 0 Å². The molecule has 0 saturated heterocycles. The highest BCUT2D eigenvalue weighted by Gasteiger charge is 2.22. The maximum absolute atomic E-state index is 13.5. The van der Waals surface area contributed by atoms with Crippen LogP contribution in [0.25, 0.3) is 21.3 Å². The van der Waals surface area contributed by atoms with Crippen LogP contribution in [0.2, 0.25) is 0 Å². The summed E-state index contributed by atoms with van der Waals surface area (Å²) in [6.07, 6.45) is 1.18. The standard InChI is InChI=1S/C25H25N3O3S2.ClH/c1-27(2)15-16-28(25-26-22-14-13-21(33(3,30)31)17-23(22)32-25)24(29)20-11-9-19(10-12-20)18-7-5-4-6-8-18;/h4-14,17H,15-16H2,1-3H3;1H. The smallest absolute Gasteiger partial charge is 0.260 e. The lowest BCUT2D eigenvalue weighted by atomic mass is 10.0. The van der Waals surface area contributed by atoms with Gasteiger partial charge in [0, 0.05) is 24.9 Å². The third-order valence-electron chi connectivity index (χ3n) is 5.26. The summed E-state index contributed by atoms with van der Waals surface area (Å²) in [6, 6.07) is 22.4. The molecule has 9 heteroatoms. The molecule has 4 rings (SSSR count). The minimum absolute atomic E-state index is 0. The highest BCUT2D eigenvalue weighted by molar-refractivity contribution is 7.90. The van der Waals surface area contributed by atoms with Crippen molar-refractivity contribution < 1.29 is 13.2 Å². The van der Waals surface area contributed by atoms with Gasteiger partial charge in [-0.3, -0.25) is 9.69 Å². The molecule has 0 N–H and O–H groups in total. The molecule has 0 unspecified atom stereocenters. The van der Waals surface area contributed by atoms with Gasteiger partial charge in [-0.25, -0.2) is 13.4 Å². The fourth-order valence-electron chi connectivity index (χ4n) is 3.41. The average Bonchev–Trinajstić information content (AvgIpc) is 3.22. The summed E-state index contributed by atoms with van der Waals surface area (Å²) in [5.74, 6) is -0.140. The second kappa shape index (κ2) is 10.7. The lowest BCUT2D eigenvalue weighted by Gasteiger charge is -2.22. The first kappa shape index (κ1) is 25.8. The number of sulfone groups is 1. The Hall–Kier alpha value is -2.78. The van der Waals surface area contributed by atoms with Crippen molar-refractivity contribution in [3.63, 3.8) is 0 Å². The average molecular weight is 516 g/mol. The van der Waals surface area contributed by atoms with Crippen LogP contribution in [0.3, 0.4) is 0 Å². The fourth-order valence-corrected chi connectivity index (χ4v) is 5.17. The third kappa shape index (κ3) is 5.82. The normalized spacial score (nSPS) is 11.4. The molecule has 1 amide bonds. The van der Waals surface area contributed by atoms with E-state index < -0.39 is 9.84 Å². The van der Waals surface area contributed by atoms with Crippen molar-refractivity contribution in [3.8, 4) is 11.1 Å². The van der Waals surface area contributed by atoms with E-state index in [4.69, 9.17) is 0 Å². The van der Waals surface area contributed by atoms with Crippen LogP contribution in [0.15, 0.2) is 77.7 Å². The first-order valence-electron chi connectivity index (χ1n) is 10.4. The monoisotopic (exact) mass is 515 g/mol. The molecule has 0 atom stereocenters. The molecular formula is C25H26ClN3O3S2. The Kier molecular flexibility index (Phi) is 8.09. The number of amides is 1. The van der Waals surface area contributed by atoms with Crippen molar-refractivity contribution in [2.75, 3.05) is 38.3 Å². The van der Waals surface area contributed by atoms with Crippen LogP contribution in [-0.4, -0.2) is 57.6 Å². The second-order valence-corrected chi connectivity index (χ2v) is 11.1. The van der Waals surface area contributed by atoms with Crippen LogP contribution in [-0.2, 0) is 9.84 Å². The predicted octanol–water partition coefficient (Wildman–Crippen LogP) is 5.00. The van der Waals surface area contributed by atoms with Crippen molar-refractivity contribution in [3.05, 3.63) is 78.4 Å². The lowest BCUT2D eigenvalue weighted by molar-refractivity contribution is 0.0985. The van der Waals surface area contributed by atoms with Gasteiger partial charge in [-0.05, 0) is 55.6 Å². The van der Waals surface area contributed by atoms with Crippen molar-refractivity contribution in [1.82, 2.24) is 9.88 Å². The van der Waals surface area contributed by atoms with Gasteiger partial charge in [-0.1, -0.05) is 53.8 Å². The van der Waals surface area contributed by atoms with E-state index in [1.54, 1.807) is 23.1 Å². The molecule has 0 aliphatic carbocycles. The topological polar surface area (TPSA) is 70.6 Å². The number of likely N-dealkylation sites (N-methyl/N-ethyl adjacent to an activating group) is 1. The molecule has 3 aromatic carbocycles. The van der Waals surface area contributed by atoms with E-state index >= 15 is 0 Å². The lowest BCUT2D eigenvalue weighted by Crippen LogP contribution is -2.36. The minimum atomic E-state index is -3.32. The van der Waals surface area contributed by atoms with Gasteiger partial charge >= 0.3 is 0 Å². The summed E-state index contributed by atoms with van der Waals surface area (Å²) in [5.41, 5.74) is 3.38. The number of carbonyl (C=O) groups is 1. The Morgan fingerprint density at radius 3 is 2.18 bits per heavy atom. The van der Waals surface area contributed by atoms with Crippen molar-refractivity contribution in [1.29, 1.82) is 0 Å². The number of anilines is 1. The van der Waals surface area contributed by atoms with Gasteiger partial charge in [0.05, 0.1) is 15.1 Å². The Bertz CT molecular complexity index is 1390. The quantitative estimate of drug-likeness (QED) is 0.346. The number of rotatable bonds is 7. The third-order valence-corrected chi connectivity index (χ3v) is 7.41. The molecule has 0 aliphatic heterocycles. The van der Waals surface area contributed by atoms with Crippen LogP contribution < -0.4 is 4.90 Å². The molecule has 0 spiro atoms. The summed E-state index contributed by atoms with van der Waals surface area (Å²) in [6.45, 7) is 1.13. The van der Waals surface area contributed by atoms with Gasteiger partial charge in [0.2, 0.25) is 0 Å². The molecule has 1 aromatic heterocycles. The molecule has 0 aliphatic rings. The first-order valence-corrected chi connectivity index (χ1v) is 13.2. The molecule has 6 nitrogen and oxygen atoms in total. The van der Waals surface area contributed by atoms with E-state index in [2.05, 4.69) is 4.98 Å². The summed E-state index contributed by atoms with van der Waals surface area (Å²) in [5, 5.41) is 0.551. The van der Waals surface area contributed by atoms with Crippen molar-refractivity contribution in [2.24, 2.45) is 0 Å². The van der Waals surface area contributed by atoms with Crippen molar-refractivity contribution in [2.45, 2.75) is 4.90 Å². The maximum atomic E-state index is 13.5. The summed E-state index contributed by atoms with van der Waals surface area (Å²) in [7, 11) is 0.583. The van der Waals surface area contributed by atoms with Crippen LogP contribution in [0.4, 0.5) is 5.13 Å². The number of hydrogen-bond acceptors (Lipinski definition) is 6. The zero-order valence-corrected chi connectivity index (χ0v) is 21.6. The number of aromatic nitrogens is 1. The Balaban J connectivity index is 0.00000324. The number of halogens is 1. The molecule has 178 valence electrons.